The lowest BCUT2D eigenvalue weighted by atomic mass is 9.67. The molecule has 0 spiro atoms. The summed E-state index contributed by atoms with van der Waals surface area (Å²) in [4.78, 5) is 12.0. The third kappa shape index (κ3) is 2.33. The van der Waals surface area contributed by atoms with Crippen LogP contribution in [0.2, 0.25) is 0 Å². The smallest absolute Gasteiger partial charge is 0.233 e. The number of rotatable bonds is 5. The Morgan fingerprint density at radius 3 is 2.47 bits per heavy atom. The van der Waals surface area contributed by atoms with E-state index in [1.165, 1.54) is 19.3 Å². The second-order valence-electron chi connectivity index (χ2n) is 6.23. The number of amides is 1. The molecule has 0 bridgehead atoms. The van der Waals surface area contributed by atoms with Crippen molar-refractivity contribution in [1.82, 2.24) is 5.32 Å². The van der Waals surface area contributed by atoms with Crippen LogP contribution in [-0.4, -0.2) is 37.4 Å². The Morgan fingerprint density at radius 1 is 1.47 bits per heavy atom. The molecule has 2 N–H and O–H groups in total. The van der Waals surface area contributed by atoms with E-state index >= 15 is 0 Å². The first-order valence-corrected chi connectivity index (χ1v) is 6.47. The topological polar surface area (TPSA) is 58.6 Å². The Kier molecular flexibility index (Phi) is 3.46. The summed E-state index contributed by atoms with van der Waals surface area (Å²) in [5, 5.41) is 12.2. The van der Waals surface area contributed by atoms with Gasteiger partial charge in [0, 0.05) is 6.54 Å². The number of aliphatic hydroxyl groups is 1. The molecule has 4 heteroatoms. The van der Waals surface area contributed by atoms with Crippen molar-refractivity contribution in [3.63, 3.8) is 0 Å². The summed E-state index contributed by atoms with van der Waals surface area (Å²) in [7, 11) is 0. The van der Waals surface area contributed by atoms with Crippen LogP contribution in [0.4, 0.5) is 0 Å². The minimum absolute atomic E-state index is 0.0568. The molecule has 0 atom stereocenters. The summed E-state index contributed by atoms with van der Waals surface area (Å²) in [5.41, 5.74) is -0.509. The first-order valence-electron chi connectivity index (χ1n) is 6.47. The van der Waals surface area contributed by atoms with Crippen LogP contribution in [0.25, 0.3) is 0 Å². The Labute approximate surface area is 103 Å². The van der Waals surface area contributed by atoms with Crippen LogP contribution in [0.3, 0.4) is 0 Å². The minimum atomic E-state index is -0.671. The monoisotopic (exact) mass is 241 g/mol. The van der Waals surface area contributed by atoms with Gasteiger partial charge in [-0.1, -0.05) is 20.3 Å². The van der Waals surface area contributed by atoms with Gasteiger partial charge in [0.15, 0.2) is 0 Å². The van der Waals surface area contributed by atoms with Gasteiger partial charge in [0.05, 0.1) is 19.8 Å². The lowest BCUT2D eigenvalue weighted by molar-refractivity contribution is -0.170. The van der Waals surface area contributed by atoms with Gasteiger partial charge in [-0.15, -0.1) is 0 Å². The maximum atomic E-state index is 12.0. The first kappa shape index (κ1) is 12.8. The van der Waals surface area contributed by atoms with Crippen molar-refractivity contribution in [3.05, 3.63) is 0 Å². The van der Waals surface area contributed by atoms with Gasteiger partial charge in [0.1, 0.15) is 5.41 Å². The Morgan fingerprint density at radius 2 is 2.12 bits per heavy atom. The second-order valence-corrected chi connectivity index (χ2v) is 6.23. The molecule has 1 saturated carbocycles. The average Bonchev–Trinajstić information content (AvgIpc) is 2.10. The maximum absolute atomic E-state index is 12.0. The number of carbonyl (C=O) groups excluding carboxylic acids is 1. The van der Waals surface area contributed by atoms with E-state index in [4.69, 9.17) is 4.74 Å². The molecule has 2 aliphatic rings. The predicted octanol–water partition coefficient (Wildman–Crippen LogP) is 0.938. The molecule has 0 aromatic heterocycles. The van der Waals surface area contributed by atoms with Crippen LogP contribution in [-0.2, 0) is 9.53 Å². The van der Waals surface area contributed by atoms with Crippen LogP contribution >= 0.6 is 0 Å². The SMILES string of the molecule is CC(C)(CNC(=O)C1(CO)COC1)C1CCC1. The fraction of sp³-hybridized carbons (Fsp3) is 0.923. The second kappa shape index (κ2) is 4.58. The summed E-state index contributed by atoms with van der Waals surface area (Å²) in [6.45, 7) is 5.68. The van der Waals surface area contributed by atoms with Gasteiger partial charge in [0.2, 0.25) is 5.91 Å². The van der Waals surface area contributed by atoms with Crippen molar-refractivity contribution in [2.45, 2.75) is 33.1 Å². The van der Waals surface area contributed by atoms with Crippen molar-refractivity contribution in [3.8, 4) is 0 Å². The lowest BCUT2D eigenvalue weighted by Crippen LogP contribution is -2.57. The van der Waals surface area contributed by atoms with Gasteiger partial charge in [-0.2, -0.15) is 0 Å². The lowest BCUT2D eigenvalue weighted by Gasteiger charge is -2.42. The van der Waals surface area contributed by atoms with Crippen LogP contribution in [0.15, 0.2) is 0 Å². The number of nitrogens with one attached hydrogen (secondary N) is 1. The molecule has 1 aliphatic carbocycles. The van der Waals surface area contributed by atoms with Crippen LogP contribution in [0.1, 0.15) is 33.1 Å². The van der Waals surface area contributed by atoms with E-state index in [9.17, 15) is 9.90 Å². The van der Waals surface area contributed by atoms with E-state index < -0.39 is 5.41 Å². The van der Waals surface area contributed by atoms with Crippen LogP contribution in [0.5, 0.6) is 0 Å². The number of aliphatic hydroxyl groups excluding tert-OH is 1. The minimum Gasteiger partial charge on any atom is -0.395 e. The van der Waals surface area contributed by atoms with E-state index in [1.54, 1.807) is 0 Å². The Bertz CT molecular complexity index is 288. The quantitative estimate of drug-likeness (QED) is 0.753. The van der Waals surface area contributed by atoms with Gasteiger partial charge < -0.3 is 15.2 Å². The van der Waals surface area contributed by atoms with Crippen LogP contribution < -0.4 is 5.32 Å². The summed E-state index contributed by atoms with van der Waals surface area (Å²) in [6.07, 6.45) is 3.87. The zero-order valence-electron chi connectivity index (χ0n) is 10.8. The fourth-order valence-corrected chi connectivity index (χ4v) is 2.47. The van der Waals surface area contributed by atoms with Crippen molar-refractivity contribution in [2.75, 3.05) is 26.4 Å². The van der Waals surface area contributed by atoms with E-state index in [1.807, 2.05) is 0 Å². The van der Waals surface area contributed by atoms with Gasteiger partial charge in [-0.05, 0) is 24.2 Å². The van der Waals surface area contributed by atoms with Gasteiger partial charge in [-0.25, -0.2) is 0 Å². The Hall–Kier alpha value is -0.610. The van der Waals surface area contributed by atoms with Crippen molar-refractivity contribution >= 4 is 5.91 Å². The molecule has 1 amide bonds. The molecule has 1 aliphatic heterocycles. The number of carbonyl (C=O) groups is 1. The first-order chi connectivity index (χ1) is 8.00. The maximum Gasteiger partial charge on any atom is 0.233 e. The molecule has 0 aromatic carbocycles. The molecule has 17 heavy (non-hydrogen) atoms. The van der Waals surface area contributed by atoms with Crippen molar-refractivity contribution in [2.24, 2.45) is 16.7 Å². The third-order valence-corrected chi connectivity index (χ3v) is 4.46. The van der Waals surface area contributed by atoms with E-state index in [2.05, 4.69) is 19.2 Å². The molecule has 0 radical (unpaired) electrons. The average molecular weight is 241 g/mol. The molecule has 0 unspecified atom stereocenters. The molecule has 2 rings (SSSR count). The molecular formula is C13H23NO3. The highest BCUT2D eigenvalue weighted by Gasteiger charge is 2.46. The van der Waals surface area contributed by atoms with Crippen molar-refractivity contribution < 1.29 is 14.6 Å². The summed E-state index contributed by atoms with van der Waals surface area (Å²) >= 11 is 0. The van der Waals surface area contributed by atoms with Gasteiger partial charge in [0.25, 0.3) is 0 Å². The van der Waals surface area contributed by atoms with E-state index in [0.717, 1.165) is 5.92 Å². The Balaban J connectivity index is 1.83. The number of hydrogen-bond donors (Lipinski definition) is 2. The highest BCUT2D eigenvalue weighted by molar-refractivity contribution is 5.83. The molecule has 4 nitrogen and oxygen atoms in total. The molecule has 1 heterocycles. The molecule has 98 valence electrons. The summed E-state index contributed by atoms with van der Waals surface area (Å²) < 4.78 is 5.04. The molecule has 2 fully saturated rings. The molecular weight excluding hydrogens is 218 g/mol. The molecule has 0 aromatic rings. The third-order valence-electron chi connectivity index (χ3n) is 4.46. The summed E-state index contributed by atoms with van der Waals surface area (Å²) in [5.74, 6) is 0.671. The van der Waals surface area contributed by atoms with E-state index in [0.29, 0.717) is 19.8 Å². The highest BCUT2D eigenvalue weighted by Crippen LogP contribution is 2.41. The zero-order valence-corrected chi connectivity index (χ0v) is 10.8. The van der Waals surface area contributed by atoms with Crippen molar-refractivity contribution in [1.29, 1.82) is 0 Å². The zero-order chi connectivity index (χ0) is 12.5. The number of hydrogen-bond acceptors (Lipinski definition) is 3. The van der Waals surface area contributed by atoms with E-state index in [-0.39, 0.29) is 17.9 Å². The van der Waals surface area contributed by atoms with Crippen LogP contribution in [0, 0.1) is 16.7 Å². The van der Waals surface area contributed by atoms with Gasteiger partial charge in [-0.3, -0.25) is 4.79 Å². The normalized spacial score (nSPS) is 23.7. The van der Waals surface area contributed by atoms with Gasteiger partial charge >= 0.3 is 0 Å². The largest absolute Gasteiger partial charge is 0.395 e. The highest BCUT2D eigenvalue weighted by atomic mass is 16.5. The molecule has 1 saturated heterocycles. The standard InChI is InChI=1S/C13H23NO3/c1-12(2,10-4-3-5-10)6-14-11(16)13(7-15)8-17-9-13/h10,15H,3-9H2,1-2H3,(H,14,16). The predicted molar refractivity (Wildman–Crippen MR) is 64.5 cm³/mol. The fourth-order valence-electron chi connectivity index (χ4n) is 2.47. The summed E-state index contributed by atoms with van der Waals surface area (Å²) in [6, 6.07) is 0. The number of ether oxygens (including phenoxy) is 1.